The second-order valence-corrected chi connectivity index (χ2v) is 8.79. The average Bonchev–Trinajstić information content (AvgIpc) is 3.63. The molecule has 0 aliphatic rings. The molecule has 0 aliphatic heterocycles. The summed E-state index contributed by atoms with van der Waals surface area (Å²) in [5, 5.41) is 0. The van der Waals surface area contributed by atoms with Gasteiger partial charge in [0.15, 0.2) is 5.76 Å². The van der Waals surface area contributed by atoms with Crippen molar-refractivity contribution in [3.8, 4) is 45.0 Å². The summed E-state index contributed by atoms with van der Waals surface area (Å²) in [6, 6.07) is 40.3. The standard InChI is InChI=1S/C32H26N2O/c1-23-21-28(25-13-6-3-7-14-25)31(27-17-10-5-11-18-27)33(23)34-24(2)22-29(26-15-8-4-9-16-26)32(34)30-19-12-20-35-30/h3-22H,1-2H3. The van der Waals surface area contributed by atoms with E-state index in [4.69, 9.17) is 4.42 Å². The van der Waals surface area contributed by atoms with Crippen LogP contribution < -0.4 is 0 Å². The molecule has 0 radical (unpaired) electrons. The molecule has 3 nitrogen and oxygen atoms in total. The Hall–Kier alpha value is -4.50. The summed E-state index contributed by atoms with van der Waals surface area (Å²) in [6.45, 7) is 4.34. The van der Waals surface area contributed by atoms with Gasteiger partial charge in [-0.15, -0.1) is 0 Å². The zero-order valence-electron chi connectivity index (χ0n) is 19.8. The maximum absolute atomic E-state index is 6.00. The van der Waals surface area contributed by atoms with E-state index in [1.54, 1.807) is 6.26 Å². The zero-order chi connectivity index (χ0) is 23.8. The predicted molar refractivity (Wildman–Crippen MR) is 143 cm³/mol. The molecular formula is C32H26N2O. The minimum atomic E-state index is 0.838. The topological polar surface area (TPSA) is 23.0 Å². The van der Waals surface area contributed by atoms with Gasteiger partial charge in [-0.2, -0.15) is 0 Å². The lowest BCUT2D eigenvalue weighted by Gasteiger charge is -2.20. The number of nitrogens with zero attached hydrogens (tertiary/aromatic N) is 2. The summed E-state index contributed by atoms with van der Waals surface area (Å²) >= 11 is 0. The molecule has 0 atom stereocenters. The molecule has 0 aliphatic carbocycles. The molecule has 35 heavy (non-hydrogen) atoms. The largest absolute Gasteiger partial charge is 0.463 e. The molecule has 3 aromatic carbocycles. The van der Waals surface area contributed by atoms with Crippen LogP contribution in [0.25, 0.3) is 45.0 Å². The molecule has 0 saturated heterocycles. The first kappa shape index (κ1) is 21.1. The lowest BCUT2D eigenvalue weighted by molar-refractivity contribution is 0.563. The van der Waals surface area contributed by atoms with Crippen molar-refractivity contribution in [3.05, 3.63) is 133 Å². The molecule has 0 amide bonds. The second kappa shape index (κ2) is 8.69. The van der Waals surface area contributed by atoms with Gasteiger partial charge >= 0.3 is 0 Å². The molecule has 0 spiro atoms. The van der Waals surface area contributed by atoms with Crippen LogP contribution in [0.4, 0.5) is 0 Å². The summed E-state index contributed by atoms with van der Waals surface area (Å²) in [5.41, 5.74) is 10.3. The fraction of sp³-hybridized carbons (Fsp3) is 0.0625. The molecule has 3 heterocycles. The Balaban J connectivity index is 1.71. The Morgan fingerprint density at radius 2 is 0.943 bits per heavy atom. The summed E-state index contributed by atoms with van der Waals surface area (Å²) < 4.78 is 10.6. The van der Waals surface area contributed by atoms with E-state index in [0.29, 0.717) is 0 Å². The van der Waals surface area contributed by atoms with E-state index < -0.39 is 0 Å². The number of rotatable bonds is 5. The molecule has 3 heteroatoms. The van der Waals surface area contributed by atoms with Gasteiger partial charge in [-0.05, 0) is 49.2 Å². The van der Waals surface area contributed by atoms with Crippen LogP contribution in [0.2, 0.25) is 0 Å². The number of benzene rings is 3. The van der Waals surface area contributed by atoms with Crippen LogP contribution in [0.3, 0.4) is 0 Å². The van der Waals surface area contributed by atoms with Crippen LogP contribution >= 0.6 is 0 Å². The fourth-order valence-corrected chi connectivity index (χ4v) is 4.97. The zero-order valence-corrected chi connectivity index (χ0v) is 19.8. The van der Waals surface area contributed by atoms with E-state index in [1.807, 2.05) is 12.1 Å². The Morgan fingerprint density at radius 1 is 0.486 bits per heavy atom. The highest BCUT2D eigenvalue weighted by molar-refractivity contribution is 5.84. The first-order chi connectivity index (χ1) is 17.2. The van der Waals surface area contributed by atoms with E-state index in [1.165, 1.54) is 16.7 Å². The maximum atomic E-state index is 6.00. The quantitative estimate of drug-likeness (QED) is 0.256. The van der Waals surface area contributed by atoms with Gasteiger partial charge in [-0.1, -0.05) is 91.0 Å². The average molecular weight is 455 g/mol. The third-order valence-electron chi connectivity index (χ3n) is 6.48. The number of aryl methyl sites for hydroxylation is 2. The molecule has 0 fully saturated rings. The molecule has 0 N–H and O–H groups in total. The van der Waals surface area contributed by atoms with Crippen LogP contribution in [-0.4, -0.2) is 9.35 Å². The normalized spacial score (nSPS) is 11.1. The minimum absolute atomic E-state index is 0.838. The van der Waals surface area contributed by atoms with Gasteiger partial charge < -0.3 is 4.42 Å². The molecule has 6 aromatic rings. The van der Waals surface area contributed by atoms with Gasteiger partial charge in [0, 0.05) is 28.1 Å². The molecule has 170 valence electrons. The van der Waals surface area contributed by atoms with Crippen molar-refractivity contribution < 1.29 is 4.42 Å². The van der Waals surface area contributed by atoms with Gasteiger partial charge in [-0.3, -0.25) is 4.68 Å². The summed E-state index contributed by atoms with van der Waals surface area (Å²) in [7, 11) is 0. The van der Waals surface area contributed by atoms with Crippen molar-refractivity contribution in [3.63, 3.8) is 0 Å². The molecule has 0 saturated carbocycles. The minimum Gasteiger partial charge on any atom is -0.463 e. The van der Waals surface area contributed by atoms with Crippen molar-refractivity contribution in [2.24, 2.45) is 0 Å². The van der Waals surface area contributed by atoms with Crippen LogP contribution in [0.5, 0.6) is 0 Å². The first-order valence-corrected chi connectivity index (χ1v) is 11.9. The third-order valence-corrected chi connectivity index (χ3v) is 6.48. The van der Waals surface area contributed by atoms with Gasteiger partial charge in [0.1, 0.15) is 5.69 Å². The predicted octanol–water partition coefficient (Wildman–Crippen LogP) is 8.48. The van der Waals surface area contributed by atoms with Gasteiger partial charge in [-0.25, -0.2) is 4.68 Å². The summed E-state index contributed by atoms with van der Waals surface area (Å²) in [5.74, 6) is 0.838. The molecule has 6 rings (SSSR count). The van der Waals surface area contributed by atoms with Crippen molar-refractivity contribution in [1.82, 2.24) is 9.35 Å². The van der Waals surface area contributed by atoms with Crippen LogP contribution in [0, 0.1) is 13.8 Å². The summed E-state index contributed by atoms with van der Waals surface area (Å²) in [6.07, 6.45) is 1.74. The number of hydrogen-bond acceptors (Lipinski definition) is 1. The van der Waals surface area contributed by atoms with Crippen LogP contribution in [0.1, 0.15) is 11.4 Å². The molecule has 3 aromatic heterocycles. The van der Waals surface area contributed by atoms with Crippen LogP contribution in [-0.2, 0) is 0 Å². The van der Waals surface area contributed by atoms with Gasteiger partial charge in [0.2, 0.25) is 0 Å². The smallest absolute Gasteiger partial charge is 0.152 e. The van der Waals surface area contributed by atoms with E-state index in [9.17, 15) is 0 Å². The third kappa shape index (κ3) is 3.62. The van der Waals surface area contributed by atoms with E-state index in [2.05, 4.69) is 126 Å². The Bertz CT molecular complexity index is 1570. The fourth-order valence-electron chi connectivity index (χ4n) is 4.97. The van der Waals surface area contributed by atoms with E-state index >= 15 is 0 Å². The van der Waals surface area contributed by atoms with Crippen molar-refractivity contribution >= 4 is 0 Å². The lowest BCUT2D eigenvalue weighted by Crippen LogP contribution is -2.15. The highest BCUT2D eigenvalue weighted by atomic mass is 16.3. The molecule has 0 unspecified atom stereocenters. The highest BCUT2D eigenvalue weighted by Crippen LogP contribution is 2.40. The summed E-state index contributed by atoms with van der Waals surface area (Å²) in [4.78, 5) is 0. The van der Waals surface area contributed by atoms with Crippen molar-refractivity contribution in [2.75, 3.05) is 0 Å². The second-order valence-electron chi connectivity index (χ2n) is 8.79. The van der Waals surface area contributed by atoms with E-state index in [0.717, 1.165) is 39.7 Å². The van der Waals surface area contributed by atoms with E-state index in [-0.39, 0.29) is 0 Å². The Kier molecular flexibility index (Phi) is 5.23. The van der Waals surface area contributed by atoms with Crippen molar-refractivity contribution in [1.29, 1.82) is 0 Å². The van der Waals surface area contributed by atoms with Crippen molar-refractivity contribution in [2.45, 2.75) is 13.8 Å². The number of furan rings is 1. The first-order valence-electron chi connectivity index (χ1n) is 11.9. The maximum Gasteiger partial charge on any atom is 0.152 e. The monoisotopic (exact) mass is 454 g/mol. The van der Waals surface area contributed by atoms with Gasteiger partial charge in [0.05, 0.1) is 12.0 Å². The number of hydrogen-bond donors (Lipinski definition) is 0. The lowest BCUT2D eigenvalue weighted by atomic mass is 10.0. The Labute approximate surface area is 205 Å². The number of aromatic nitrogens is 2. The Morgan fingerprint density at radius 3 is 1.43 bits per heavy atom. The SMILES string of the molecule is Cc1cc(-c2ccccc2)c(-c2ccccc2)n1-n1c(C)cc(-c2ccccc2)c1-c1ccco1. The highest BCUT2D eigenvalue weighted by Gasteiger charge is 2.24. The van der Waals surface area contributed by atoms with Gasteiger partial charge in [0.25, 0.3) is 0 Å². The molecular weight excluding hydrogens is 428 g/mol. The van der Waals surface area contributed by atoms with Crippen LogP contribution in [0.15, 0.2) is 126 Å². The molecule has 0 bridgehead atoms.